The molecule has 1 atom stereocenters. The summed E-state index contributed by atoms with van der Waals surface area (Å²) in [5, 5.41) is 14.0. The maximum absolute atomic E-state index is 12.5. The molecule has 116 valence electrons. The third-order valence-corrected chi connectivity index (χ3v) is 3.55. The zero-order chi connectivity index (χ0) is 15.2. The van der Waals surface area contributed by atoms with Crippen molar-refractivity contribution in [2.45, 2.75) is 18.9 Å². The number of methoxy groups -OCH3 is 1. The molecular weight excluding hydrogens is 276 g/mol. The van der Waals surface area contributed by atoms with Gasteiger partial charge in [-0.3, -0.25) is 4.79 Å². The van der Waals surface area contributed by atoms with Gasteiger partial charge in [-0.15, -0.1) is 0 Å². The Hall–Kier alpha value is -1.93. The number of nitrogens with zero attached hydrogens (tertiary/aromatic N) is 2. The summed E-state index contributed by atoms with van der Waals surface area (Å²) in [6.07, 6.45) is 2.13. The van der Waals surface area contributed by atoms with Crippen LogP contribution in [0.1, 0.15) is 23.3 Å². The van der Waals surface area contributed by atoms with Crippen molar-refractivity contribution in [1.29, 1.82) is 0 Å². The summed E-state index contributed by atoms with van der Waals surface area (Å²) in [7, 11) is 1.58. The lowest BCUT2D eigenvalue weighted by Gasteiger charge is -2.24. The molecule has 0 aromatic carbocycles. The highest BCUT2D eigenvalue weighted by Gasteiger charge is 2.25. The Balaban J connectivity index is 2.05. The van der Waals surface area contributed by atoms with E-state index in [-0.39, 0.29) is 23.5 Å². The van der Waals surface area contributed by atoms with Gasteiger partial charge in [-0.05, 0) is 30.4 Å². The minimum absolute atomic E-state index is 0.177. The Kier molecular flexibility index (Phi) is 5.29. The number of ether oxygens (including phenoxy) is 1. The van der Waals surface area contributed by atoms with Crippen LogP contribution in [0.2, 0.25) is 0 Å². The molecule has 1 fully saturated rings. The molecule has 0 saturated carbocycles. The molecule has 1 aromatic rings. The van der Waals surface area contributed by atoms with Crippen LogP contribution >= 0.6 is 0 Å². The summed E-state index contributed by atoms with van der Waals surface area (Å²) in [6.45, 7) is 2.43. The molecule has 1 aliphatic rings. The van der Waals surface area contributed by atoms with E-state index in [1.807, 2.05) is 0 Å². The molecular formula is C13H20N4O4. The molecule has 0 radical (unpaired) electrons. The molecule has 1 amide bonds. The second-order valence-electron chi connectivity index (χ2n) is 5.05. The largest absolute Gasteiger partial charge is 0.383 e. The van der Waals surface area contributed by atoms with Gasteiger partial charge in [0, 0.05) is 32.3 Å². The standard InChI is InChI=1S/C13H20N4O4/c1-21-8-7-16(9-10-3-2-6-14-10)13(18)11-4-5-12(15-11)17(19)20/h4-5,10,14-15H,2-3,6-9H2,1H3. The topological polar surface area (TPSA) is 100 Å². The lowest BCUT2D eigenvalue weighted by atomic mass is 10.2. The van der Waals surface area contributed by atoms with Gasteiger partial charge in [0.05, 0.1) is 6.61 Å². The van der Waals surface area contributed by atoms with E-state index in [1.54, 1.807) is 12.0 Å². The van der Waals surface area contributed by atoms with Gasteiger partial charge in [0.1, 0.15) is 0 Å². The number of carbonyl (C=O) groups excluding carboxylic acids is 1. The molecule has 8 nitrogen and oxygen atoms in total. The van der Waals surface area contributed by atoms with E-state index < -0.39 is 4.92 Å². The number of aromatic nitrogens is 1. The zero-order valence-electron chi connectivity index (χ0n) is 12.0. The van der Waals surface area contributed by atoms with Crippen molar-refractivity contribution in [3.8, 4) is 0 Å². The van der Waals surface area contributed by atoms with Crippen molar-refractivity contribution in [3.63, 3.8) is 0 Å². The number of amides is 1. The number of H-pyrrole nitrogens is 1. The normalized spacial score (nSPS) is 17.9. The first-order valence-electron chi connectivity index (χ1n) is 6.97. The quantitative estimate of drug-likeness (QED) is 0.571. The van der Waals surface area contributed by atoms with Gasteiger partial charge < -0.3 is 25.1 Å². The molecule has 1 aromatic heterocycles. The third-order valence-electron chi connectivity index (χ3n) is 3.55. The second-order valence-corrected chi connectivity index (χ2v) is 5.05. The van der Waals surface area contributed by atoms with Crippen LogP contribution in [0.5, 0.6) is 0 Å². The SMILES string of the molecule is COCCN(CC1CCCN1)C(=O)c1ccc([N+](=O)[O-])[nH]1. The van der Waals surface area contributed by atoms with Gasteiger partial charge in [0.15, 0.2) is 5.69 Å². The lowest BCUT2D eigenvalue weighted by Crippen LogP contribution is -2.42. The molecule has 1 saturated heterocycles. The van der Waals surface area contributed by atoms with Crippen LogP contribution in [-0.4, -0.2) is 60.1 Å². The number of aromatic amines is 1. The lowest BCUT2D eigenvalue weighted by molar-refractivity contribution is -0.389. The van der Waals surface area contributed by atoms with Crippen molar-refractivity contribution >= 4 is 11.7 Å². The molecule has 2 rings (SSSR count). The molecule has 0 aliphatic carbocycles. The summed E-state index contributed by atoms with van der Waals surface area (Å²) >= 11 is 0. The van der Waals surface area contributed by atoms with Crippen LogP contribution < -0.4 is 5.32 Å². The van der Waals surface area contributed by atoms with Crippen molar-refractivity contribution < 1.29 is 14.5 Å². The molecule has 1 aliphatic heterocycles. The second kappa shape index (κ2) is 7.19. The van der Waals surface area contributed by atoms with Crippen LogP contribution in [0.3, 0.4) is 0 Å². The highest BCUT2D eigenvalue weighted by Crippen LogP contribution is 2.14. The van der Waals surface area contributed by atoms with Gasteiger partial charge in [0.25, 0.3) is 5.91 Å². The van der Waals surface area contributed by atoms with Gasteiger partial charge >= 0.3 is 5.82 Å². The van der Waals surface area contributed by atoms with Crippen LogP contribution in [0, 0.1) is 10.1 Å². The summed E-state index contributed by atoms with van der Waals surface area (Å²) in [5.74, 6) is -0.419. The third kappa shape index (κ3) is 4.02. The predicted octanol–water partition coefficient (Wildman–Crippen LogP) is 0.763. The van der Waals surface area contributed by atoms with Crippen molar-refractivity contribution in [2.24, 2.45) is 0 Å². The minimum Gasteiger partial charge on any atom is -0.383 e. The molecule has 8 heteroatoms. The average molecular weight is 296 g/mol. The average Bonchev–Trinajstić information content (AvgIpc) is 3.13. The fourth-order valence-electron chi connectivity index (χ4n) is 2.44. The smallest absolute Gasteiger partial charge is 0.321 e. The highest BCUT2D eigenvalue weighted by molar-refractivity contribution is 5.93. The highest BCUT2D eigenvalue weighted by atomic mass is 16.6. The van der Waals surface area contributed by atoms with E-state index in [0.717, 1.165) is 19.4 Å². The van der Waals surface area contributed by atoms with E-state index in [4.69, 9.17) is 4.74 Å². The van der Waals surface area contributed by atoms with Crippen LogP contribution in [0.4, 0.5) is 5.82 Å². The summed E-state index contributed by atoms with van der Waals surface area (Å²) in [6, 6.07) is 3.02. The number of rotatable bonds is 7. The number of hydrogen-bond acceptors (Lipinski definition) is 5. The fourth-order valence-corrected chi connectivity index (χ4v) is 2.44. The monoisotopic (exact) mass is 296 g/mol. The molecule has 0 spiro atoms. The van der Waals surface area contributed by atoms with Gasteiger partial charge in [-0.2, -0.15) is 0 Å². The molecule has 2 heterocycles. The Labute approximate surface area is 122 Å². The zero-order valence-corrected chi connectivity index (χ0v) is 12.0. The number of nitro groups is 1. The Morgan fingerprint density at radius 3 is 2.95 bits per heavy atom. The molecule has 1 unspecified atom stereocenters. The van der Waals surface area contributed by atoms with E-state index in [9.17, 15) is 14.9 Å². The predicted molar refractivity (Wildman–Crippen MR) is 76.3 cm³/mol. The summed E-state index contributed by atoms with van der Waals surface area (Å²) < 4.78 is 5.03. The Bertz CT molecular complexity index is 496. The van der Waals surface area contributed by atoms with E-state index in [1.165, 1.54) is 12.1 Å². The van der Waals surface area contributed by atoms with Crippen LogP contribution in [0.25, 0.3) is 0 Å². The first-order chi connectivity index (χ1) is 10.1. The molecule has 21 heavy (non-hydrogen) atoms. The number of nitrogens with one attached hydrogen (secondary N) is 2. The van der Waals surface area contributed by atoms with Gasteiger partial charge in [0.2, 0.25) is 0 Å². The van der Waals surface area contributed by atoms with Gasteiger partial charge in [-0.25, -0.2) is 4.98 Å². The first kappa shape index (κ1) is 15.5. The van der Waals surface area contributed by atoms with E-state index in [2.05, 4.69) is 10.3 Å². The Morgan fingerprint density at radius 2 is 2.38 bits per heavy atom. The van der Waals surface area contributed by atoms with Crippen LogP contribution in [0.15, 0.2) is 12.1 Å². The number of hydrogen-bond donors (Lipinski definition) is 2. The first-order valence-corrected chi connectivity index (χ1v) is 6.97. The van der Waals surface area contributed by atoms with Crippen LogP contribution in [-0.2, 0) is 4.74 Å². The van der Waals surface area contributed by atoms with Crippen molar-refractivity contribution in [1.82, 2.24) is 15.2 Å². The maximum Gasteiger partial charge on any atom is 0.321 e. The molecule has 0 bridgehead atoms. The van der Waals surface area contributed by atoms with Gasteiger partial charge in [-0.1, -0.05) is 0 Å². The van der Waals surface area contributed by atoms with E-state index >= 15 is 0 Å². The van der Waals surface area contributed by atoms with Crippen molar-refractivity contribution in [2.75, 3.05) is 33.4 Å². The number of carbonyl (C=O) groups is 1. The van der Waals surface area contributed by atoms with Crippen molar-refractivity contribution in [3.05, 3.63) is 27.9 Å². The fraction of sp³-hybridized carbons (Fsp3) is 0.615. The molecule has 2 N–H and O–H groups in total. The Morgan fingerprint density at radius 1 is 1.57 bits per heavy atom. The summed E-state index contributed by atoms with van der Waals surface area (Å²) in [4.78, 5) is 26.8. The maximum atomic E-state index is 12.5. The summed E-state index contributed by atoms with van der Waals surface area (Å²) in [5.41, 5.74) is 0.232. The minimum atomic E-state index is -0.547. The van der Waals surface area contributed by atoms with E-state index in [0.29, 0.717) is 19.7 Å².